The molecule has 0 saturated heterocycles. The summed E-state index contributed by atoms with van der Waals surface area (Å²) in [7, 11) is 0. The molecule has 2 nitrogen and oxygen atoms in total. The van der Waals surface area contributed by atoms with Crippen LogP contribution in [0.1, 0.15) is 22.6 Å². The number of hydrogen-bond acceptors (Lipinski definition) is 3. The van der Waals surface area contributed by atoms with Crippen LogP contribution in [0.15, 0.2) is 33.4 Å². The molecule has 0 aromatic carbocycles. The van der Waals surface area contributed by atoms with Crippen LogP contribution in [0.4, 0.5) is 0 Å². The molecule has 0 radical (unpaired) electrons. The number of halogens is 1. The normalized spacial score (nSPS) is 10.5. The Labute approximate surface area is 123 Å². The summed E-state index contributed by atoms with van der Waals surface area (Å²) in [5.74, 6) is 0.138. The lowest BCUT2D eigenvalue weighted by Gasteiger charge is -2.02. The molecule has 18 heavy (non-hydrogen) atoms. The first-order valence-corrected chi connectivity index (χ1v) is 8.26. The number of nitrogens with one attached hydrogen (secondary N) is 1. The fourth-order valence-electron chi connectivity index (χ4n) is 1.60. The highest BCUT2D eigenvalue weighted by atomic mass is 79.9. The highest BCUT2D eigenvalue weighted by Gasteiger charge is 2.03. The maximum absolute atomic E-state index is 11.6. The largest absolute Gasteiger partial charge is 0.351 e. The maximum Gasteiger partial charge on any atom is 0.220 e. The van der Waals surface area contributed by atoms with Gasteiger partial charge < -0.3 is 5.32 Å². The summed E-state index contributed by atoms with van der Waals surface area (Å²) < 4.78 is 1.15. The van der Waals surface area contributed by atoms with E-state index in [0.29, 0.717) is 13.0 Å². The van der Waals surface area contributed by atoms with Crippen molar-refractivity contribution in [1.82, 2.24) is 5.32 Å². The monoisotopic (exact) mass is 343 g/mol. The Balaban J connectivity index is 1.63. The molecule has 1 N–H and O–H groups in total. The molecule has 0 aliphatic carbocycles. The highest BCUT2D eigenvalue weighted by molar-refractivity contribution is 9.11. The lowest BCUT2D eigenvalue weighted by Crippen LogP contribution is -2.21. The van der Waals surface area contributed by atoms with Crippen LogP contribution in [0.25, 0.3) is 0 Å². The van der Waals surface area contributed by atoms with Gasteiger partial charge in [0.05, 0.1) is 10.3 Å². The van der Waals surface area contributed by atoms with Crippen LogP contribution in [0.2, 0.25) is 0 Å². The fraction of sp³-hybridized carbons (Fsp3) is 0.308. The Morgan fingerprint density at radius 1 is 1.28 bits per heavy atom. The summed E-state index contributed by atoms with van der Waals surface area (Å²) in [6, 6.07) is 8.20. The van der Waals surface area contributed by atoms with Crippen molar-refractivity contribution in [2.45, 2.75) is 25.8 Å². The Hall–Kier alpha value is -0.650. The van der Waals surface area contributed by atoms with Crippen LogP contribution in [0.5, 0.6) is 0 Å². The van der Waals surface area contributed by atoms with Crippen molar-refractivity contribution >= 4 is 44.5 Å². The molecular weight excluding hydrogens is 330 g/mol. The van der Waals surface area contributed by atoms with Gasteiger partial charge in [-0.3, -0.25) is 4.79 Å². The van der Waals surface area contributed by atoms with Crippen molar-refractivity contribution in [3.63, 3.8) is 0 Å². The highest BCUT2D eigenvalue weighted by Crippen LogP contribution is 2.23. The van der Waals surface area contributed by atoms with E-state index < -0.39 is 0 Å². The maximum atomic E-state index is 11.6. The molecule has 0 aliphatic rings. The van der Waals surface area contributed by atoms with E-state index in [2.05, 4.69) is 33.4 Å². The second kappa shape index (κ2) is 7.07. The van der Waals surface area contributed by atoms with Crippen molar-refractivity contribution in [1.29, 1.82) is 0 Å². The molecule has 5 heteroatoms. The zero-order valence-corrected chi connectivity index (χ0v) is 13.0. The molecule has 96 valence electrons. The lowest BCUT2D eigenvalue weighted by atomic mass is 10.2. The number of carbonyl (C=O) groups is 1. The third kappa shape index (κ3) is 4.55. The average Bonchev–Trinajstić information content (AvgIpc) is 2.98. The minimum atomic E-state index is 0.138. The van der Waals surface area contributed by atoms with Crippen LogP contribution in [0.3, 0.4) is 0 Å². The van der Waals surface area contributed by atoms with Gasteiger partial charge in [0.2, 0.25) is 5.91 Å². The number of amides is 1. The van der Waals surface area contributed by atoms with Gasteiger partial charge in [0.15, 0.2) is 0 Å². The summed E-state index contributed by atoms with van der Waals surface area (Å²) in [5.41, 5.74) is 0. The SMILES string of the molecule is O=C(CCCc1ccc(Br)s1)NCc1cccs1. The zero-order valence-electron chi connectivity index (χ0n) is 9.82. The van der Waals surface area contributed by atoms with Gasteiger partial charge in [0.25, 0.3) is 0 Å². The van der Waals surface area contributed by atoms with E-state index in [4.69, 9.17) is 0 Å². The van der Waals surface area contributed by atoms with Gasteiger partial charge in [-0.1, -0.05) is 6.07 Å². The molecular formula is C13H14BrNOS2. The molecule has 0 spiro atoms. The third-order valence-electron chi connectivity index (χ3n) is 2.50. The van der Waals surface area contributed by atoms with E-state index in [0.717, 1.165) is 16.6 Å². The first kappa shape index (κ1) is 13.8. The first-order valence-electron chi connectivity index (χ1n) is 5.77. The van der Waals surface area contributed by atoms with Gasteiger partial charge >= 0.3 is 0 Å². The van der Waals surface area contributed by atoms with E-state index in [1.54, 1.807) is 22.7 Å². The number of thiophene rings is 2. The Morgan fingerprint density at radius 2 is 2.17 bits per heavy atom. The quantitative estimate of drug-likeness (QED) is 0.836. The predicted molar refractivity (Wildman–Crippen MR) is 81.1 cm³/mol. The molecule has 0 saturated carbocycles. The Bertz CT molecular complexity index is 493. The van der Waals surface area contributed by atoms with Gasteiger partial charge in [-0.15, -0.1) is 22.7 Å². The minimum Gasteiger partial charge on any atom is -0.351 e. The molecule has 0 atom stereocenters. The van der Waals surface area contributed by atoms with E-state index in [1.165, 1.54) is 9.75 Å². The van der Waals surface area contributed by atoms with Crippen LogP contribution >= 0.6 is 38.6 Å². The van der Waals surface area contributed by atoms with Gasteiger partial charge in [-0.25, -0.2) is 0 Å². The second-order valence-corrected chi connectivity index (χ2v) is 7.50. The topological polar surface area (TPSA) is 29.1 Å². The van der Waals surface area contributed by atoms with Crippen molar-refractivity contribution in [2.75, 3.05) is 0 Å². The van der Waals surface area contributed by atoms with E-state index in [-0.39, 0.29) is 5.91 Å². The lowest BCUT2D eigenvalue weighted by molar-refractivity contribution is -0.121. The van der Waals surface area contributed by atoms with Gasteiger partial charge in [-0.05, 0) is 52.4 Å². The molecule has 2 rings (SSSR count). The predicted octanol–water partition coefficient (Wildman–Crippen LogP) is 4.21. The van der Waals surface area contributed by atoms with Gasteiger partial charge in [0.1, 0.15) is 0 Å². The molecule has 1 amide bonds. The number of carbonyl (C=O) groups excluding carboxylic acids is 1. The molecule has 2 aromatic heterocycles. The summed E-state index contributed by atoms with van der Waals surface area (Å²) in [6.45, 7) is 0.654. The van der Waals surface area contributed by atoms with Crippen molar-refractivity contribution in [2.24, 2.45) is 0 Å². The third-order valence-corrected chi connectivity index (χ3v) is 5.06. The Kier molecular flexibility index (Phi) is 5.41. The molecule has 0 bridgehead atoms. The van der Waals surface area contributed by atoms with E-state index in [9.17, 15) is 4.79 Å². The fourth-order valence-corrected chi connectivity index (χ4v) is 3.77. The minimum absolute atomic E-state index is 0.138. The summed E-state index contributed by atoms with van der Waals surface area (Å²) in [6.07, 6.45) is 2.48. The van der Waals surface area contributed by atoms with E-state index >= 15 is 0 Å². The number of hydrogen-bond donors (Lipinski definition) is 1. The molecule has 2 aromatic rings. The van der Waals surface area contributed by atoms with Crippen LogP contribution in [-0.2, 0) is 17.8 Å². The smallest absolute Gasteiger partial charge is 0.220 e. The second-order valence-electron chi connectivity index (χ2n) is 3.92. The van der Waals surface area contributed by atoms with Crippen LogP contribution < -0.4 is 5.32 Å². The average molecular weight is 344 g/mol. The van der Waals surface area contributed by atoms with Crippen molar-refractivity contribution in [3.05, 3.63) is 43.2 Å². The molecule has 0 unspecified atom stereocenters. The van der Waals surface area contributed by atoms with Crippen LogP contribution in [-0.4, -0.2) is 5.91 Å². The molecule has 2 heterocycles. The Morgan fingerprint density at radius 3 is 2.83 bits per heavy atom. The standard InChI is InChI=1S/C13H14BrNOS2/c14-12-7-6-10(18-12)3-1-5-13(16)15-9-11-4-2-8-17-11/h2,4,6-8H,1,3,5,9H2,(H,15,16). The van der Waals surface area contributed by atoms with Gasteiger partial charge in [-0.2, -0.15) is 0 Å². The number of rotatable bonds is 6. The molecule has 0 aliphatic heterocycles. The first-order chi connectivity index (χ1) is 8.74. The van der Waals surface area contributed by atoms with Crippen LogP contribution in [0, 0.1) is 0 Å². The summed E-state index contributed by atoms with van der Waals surface area (Å²) >= 11 is 6.85. The van der Waals surface area contributed by atoms with Crippen molar-refractivity contribution < 1.29 is 4.79 Å². The van der Waals surface area contributed by atoms with Crippen molar-refractivity contribution in [3.8, 4) is 0 Å². The molecule has 0 fully saturated rings. The summed E-state index contributed by atoms with van der Waals surface area (Å²) in [4.78, 5) is 14.1. The zero-order chi connectivity index (χ0) is 12.8. The van der Waals surface area contributed by atoms with Gasteiger partial charge in [0, 0.05) is 16.2 Å². The number of aryl methyl sites for hydroxylation is 1. The van der Waals surface area contributed by atoms with E-state index in [1.807, 2.05) is 17.5 Å². The summed E-state index contributed by atoms with van der Waals surface area (Å²) in [5, 5.41) is 4.97.